The summed E-state index contributed by atoms with van der Waals surface area (Å²) in [6.45, 7) is 2.97. The topological polar surface area (TPSA) is 109 Å². The van der Waals surface area contributed by atoms with Gasteiger partial charge in [-0.3, -0.25) is 4.79 Å². The van der Waals surface area contributed by atoms with Crippen molar-refractivity contribution in [3.63, 3.8) is 0 Å². The number of likely N-dealkylation sites (tertiary alicyclic amines) is 1. The number of hydrogen-bond acceptors (Lipinski definition) is 5. The smallest absolute Gasteiger partial charge is 0.321 e. The van der Waals surface area contributed by atoms with E-state index in [-0.39, 0.29) is 17.5 Å². The fraction of sp³-hybridized carbons (Fsp3) is 0.316. The first-order valence-electron chi connectivity index (χ1n) is 9.17. The van der Waals surface area contributed by atoms with Gasteiger partial charge in [0.1, 0.15) is 18.5 Å². The summed E-state index contributed by atoms with van der Waals surface area (Å²) >= 11 is 0. The number of aryl methyl sites for hydroxylation is 1. The number of nitrogens with zero attached hydrogens (tertiary/aromatic N) is 5. The van der Waals surface area contributed by atoms with E-state index < -0.39 is 0 Å². The molecule has 9 heteroatoms. The molecule has 1 fully saturated rings. The number of carbonyl (C=O) groups excluding carboxylic acids is 1. The van der Waals surface area contributed by atoms with E-state index >= 15 is 0 Å². The summed E-state index contributed by atoms with van der Waals surface area (Å²) in [4.78, 5) is 37.3. The predicted molar refractivity (Wildman–Crippen MR) is 104 cm³/mol. The molecule has 9 nitrogen and oxygen atoms in total. The highest BCUT2D eigenvalue weighted by Gasteiger charge is 2.26. The van der Waals surface area contributed by atoms with E-state index in [4.69, 9.17) is 0 Å². The van der Waals surface area contributed by atoms with Crippen LogP contribution in [0.4, 0.5) is 10.5 Å². The van der Waals surface area contributed by atoms with Gasteiger partial charge >= 0.3 is 6.03 Å². The van der Waals surface area contributed by atoms with E-state index in [1.807, 2.05) is 24.3 Å². The Morgan fingerprint density at radius 3 is 3.00 bits per heavy atom. The van der Waals surface area contributed by atoms with E-state index in [1.54, 1.807) is 22.8 Å². The number of aromatic nitrogens is 5. The number of piperidine rings is 1. The van der Waals surface area contributed by atoms with Crippen LogP contribution in [0.2, 0.25) is 0 Å². The number of H-pyrrole nitrogens is 1. The number of urea groups is 1. The molecule has 1 saturated heterocycles. The van der Waals surface area contributed by atoms with Gasteiger partial charge in [-0.1, -0.05) is 6.07 Å². The normalized spacial score (nSPS) is 16.8. The Labute approximate surface area is 161 Å². The van der Waals surface area contributed by atoms with Crippen LogP contribution in [0.1, 0.15) is 30.3 Å². The van der Waals surface area contributed by atoms with Crippen molar-refractivity contribution in [2.45, 2.75) is 25.7 Å². The summed E-state index contributed by atoms with van der Waals surface area (Å²) in [6, 6.07) is 8.79. The highest BCUT2D eigenvalue weighted by molar-refractivity contribution is 5.89. The standard InChI is InChI=1S/C19H21N7O2/c1-13-22-17(9-18(27)23-13)14-4-3-7-25(10-14)19(28)24-15-5-2-6-16(8-15)26-12-20-11-21-26/h2,5-6,8-9,11-12,14H,3-4,7,10H2,1H3,(H,24,28)(H,22,23,27). The predicted octanol–water partition coefficient (Wildman–Crippen LogP) is 2.07. The lowest BCUT2D eigenvalue weighted by Crippen LogP contribution is -2.42. The molecule has 0 saturated carbocycles. The molecule has 144 valence electrons. The van der Waals surface area contributed by atoms with Crippen molar-refractivity contribution in [3.8, 4) is 5.69 Å². The summed E-state index contributed by atoms with van der Waals surface area (Å²) in [6.07, 6.45) is 4.84. The molecule has 1 aliphatic heterocycles. The summed E-state index contributed by atoms with van der Waals surface area (Å²) in [5, 5.41) is 7.05. The third-order valence-corrected chi connectivity index (χ3v) is 4.79. The fourth-order valence-electron chi connectivity index (χ4n) is 3.48. The Morgan fingerprint density at radius 2 is 2.21 bits per heavy atom. The molecule has 2 amide bonds. The van der Waals surface area contributed by atoms with E-state index in [9.17, 15) is 9.59 Å². The third kappa shape index (κ3) is 3.93. The lowest BCUT2D eigenvalue weighted by molar-refractivity contribution is 0.192. The molecule has 0 aliphatic carbocycles. The second-order valence-corrected chi connectivity index (χ2v) is 6.86. The molecule has 1 aromatic carbocycles. The van der Waals surface area contributed by atoms with Gasteiger partial charge in [0.25, 0.3) is 5.56 Å². The van der Waals surface area contributed by atoms with E-state index in [1.165, 1.54) is 12.4 Å². The van der Waals surface area contributed by atoms with Crippen LogP contribution in [0.3, 0.4) is 0 Å². The molecule has 0 bridgehead atoms. The molecular weight excluding hydrogens is 358 g/mol. The number of rotatable bonds is 3. The van der Waals surface area contributed by atoms with Gasteiger partial charge in [0.15, 0.2) is 0 Å². The summed E-state index contributed by atoms with van der Waals surface area (Å²) in [5.41, 5.74) is 2.08. The second-order valence-electron chi connectivity index (χ2n) is 6.86. The number of aromatic amines is 1. The van der Waals surface area contributed by atoms with Crippen molar-refractivity contribution in [1.82, 2.24) is 29.6 Å². The first kappa shape index (κ1) is 17.9. The number of anilines is 1. The lowest BCUT2D eigenvalue weighted by atomic mass is 9.94. The van der Waals surface area contributed by atoms with Crippen LogP contribution in [0, 0.1) is 6.92 Å². The van der Waals surface area contributed by atoms with Gasteiger partial charge in [-0.15, -0.1) is 0 Å². The molecule has 4 rings (SSSR count). The van der Waals surface area contributed by atoms with Gasteiger partial charge in [0, 0.05) is 30.8 Å². The summed E-state index contributed by atoms with van der Waals surface area (Å²) in [5.74, 6) is 0.649. The van der Waals surface area contributed by atoms with Crippen LogP contribution in [0.5, 0.6) is 0 Å². The number of carbonyl (C=O) groups is 1. The molecule has 1 aliphatic rings. The zero-order chi connectivity index (χ0) is 19.5. The number of benzene rings is 1. The van der Waals surface area contributed by atoms with Crippen LogP contribution in [0.15, 0.2) is 47.8 Å². The van der Waals surface area contributed by atoms with Crippen LogP contribution >= 0.6 is 0 Å². The molecule has 0 radical (unpaired) electrons. The maximum atomic E-state index is 12.8. The van der Waals surface area contributed by atoms with Crippen LogP contribution in [0.25, 0.3) is 5.69 Å². The van der Waals surface area contributed by atoms with E-state index in [0.29, 0.717) is 24.6 Å². The first-order valence-corrected chi connectivity index (χ1v) is 9.17. The molecule has 0 spiro atoms. The fourth-order valence-corrected chi connectivity index (χ4v) is 3.48. The Bertz CT molecular complexity index is 1030. The highest BCUT2D eigenvalue weighted by atomic mass is 16.2. The first-order chi connectivity index (χ1) is 13.6. The van der Waals surface area contributed by atoms with Crippen LogP contribution in [-0.2, 0) is 0 Å². The number of amides is 2. The average molecular weight is 379 g/mol. The van der Waals surface area contributed by atoms with Gasteiger partial charge in [-0.25, -0.2) is 19.4 Å². The Hall–Kier alpha value is -3.49. The number of hydrogen-bond donors (Lipinski definition) is 2. The minimum atomic E-state index is -0.165. The molecular formula is C19H21N7O2. The quantitative estimate of drug-likeness (QED) is 0.724. The second kappa shape index (κ2) is 7.63. The largest absolute Gasteiger partial charge is 0.324 e. The van der Waals surface area contributed by atoms with Crippen molar-refractivity contribution < 1.29 is 4.79 Å². The molecule has 2 N–H and O–H groups in total. The van der Waals surface area contributed by atoms with Gasteiger partial charge in [-0.2, -0.15) is 5.10 Å². The maximum absolute atomic E-state index is 12.8. The minimum absolute atomic E-state index is 0.0574. The highest BCUT2D eigenvalue weighted by Crippen LogP contribution is 2.25. The summed E-state index contributed by atoms with van der Waals surface area (Å²) < 4.78 is 1.63. The van der Waals surface area contributed by atoms with Crippen molar-refractivity contribution >= 4 is 11.7 Å². The summed E-state index contributed by atoms with van der Waals surface area (Å²) in [7, 11) is 0. The van der Waals surface area contributed by atoms with Crippen molar-refractivity contribution in [2.24, 2.45) is 0 Å². The molecule has 28 heavy (non-hydrogen) atoms. The third-order valence-electron chi connectivity index (χ3n) is 4.79. The van der Waals surface area contributed by atoms with Crippen LogP contribution in [-0.4, -0.2) is 48.8 Å². The zero-order valence-corrected chi connectivity index (χ0v) is 15.5. The van der Waals surface area contributed by atoms with Crippen molar-refractivity contribution in [3.05, 3.63) is 64.9 Å². The molecule has 1 atom stereocenters. The lowest BCUT2D eigenvalue weighted by Gasteiger charge is -2.32. The average Bonchev–Trinajstić information content (AvgIpc) is 3.22. The maximum Gasteiger partial charge on any atom is 0.321 e. The Kier molecular flexibility index (Phi) is 4.88. The van der Waals surface area contributed by atoms with E-state index in [0.717, 1.165) is 24.2 Å². The minimum Gasteiger partial charge on any atom is -0.324 e. The van der Waals surface area contributed by atoms with Gasteiger partial charge in [-0.05, 0) is 38.0 Å². The molecule has 2 aromatic heterocycles. The van der Waals surface area contributed by atoms with Gasteiger partial charge < -0.3 is 15.2 Å². The van der Waals surface area contributed by atoms with Crippen molar-refractivity contribution in [2.75, 3.05) is 18.4 Å². The Balaban J connectivity index is 1.46. The van der Waals surface area contributed by atoms with Crippen LogP contribution < -0.4 is 10.9 Å². The number of nitrogens with one attached hydrogen (secondary N) is 2. The SMILES string of the molecule is Cc1nc(C2CCCN(C(=O)Nc3cccc(-n4cncn4)c3)C2)cc(=O)[nH]1. The van der Waals surface area contributed by atoms with Gasteiger partial charge in [0.2, 0.25) is 0 Å². The Morgan fingerprint density at radius 1 is 1.32 bits per heavy atom. The monoisotopic (exact) mass is 379 g/mol. The van der Waals surface area contributed by atoms with Crippen molar-refractivity contribution in [1.29, 1.82) is 0 Å². The van der Waals surface area contributed by atoms with Gasteiger partial charge in [0.05, 0.1) is 11.4 Å². The molecule has 1 unspecified atom stereocenters. The molecule has 3 heterocycles. The molecule has 3 aromatic rings. The van der Waals surface area contributed by atoms with E-state index in [2.05, 4.69) is 25.4 Å². The zero-order valence-electron chi connectivity index (χ0n) is 15.5.